The Kier molecular flexibility index (Phi) is 6.37. The van der Waals surface area contributed by atoms with Crippen LogP contribution in [-0.4, -0.2) is 9.18 Å². The number of hydrogen-bond donors (Lipinski definition) is 2. The van der Waals surface area contributed by atoms with E-state index >= 15 is 0 Å². The molecule has 0 bridgehead atoms. The molecule has 0 saturated carbocycles. The van der Waals surface area contributed by atoms with E-state index in [4.69, 9.17) is 9.93 Å². The Morgan fingerprint density at radius 2 is 2.30 bits per heavy atom. The summed E-state index contributed by atoms with van der Waals surface area (Å²) in [5.41, 5.74) is 6.39. The standard InChI is InChI=1S/C6H8N2.BrHO/c7-4-6-2-1-3-8-5-6;1-2/h1-3,5H,4,7H2;2H. The lowest BCUT2D eigenvalue weighted by Gasteiger charge is -1.89. The van der Waals surface area contributed by atoms with Crippen LogP contribution in [0.5, 0.6) is 0 Å². The molecule has 0 aliphatic heterocycles. The van der Waals surface area contributed by atoms with E-state index < -0.39 is 0 Å². The van der Waals surface area contributed by atoms with E-state index in [1.165, 1.54) is 0 Å². The molecule has 0 unspecified atom stereocenters. The molecule has 0 aliphatic rings. The van der Waals surface area contributed by atoms with Gasteiger partial charge in [0, 0.05) is 18.9 Å². The minimum atomic E-state index is 0.577. The molecule has 0 amide bonds. The van der Waals surface area contributed by atoms with Crippen molar-refractivity contribution in [3.05, 3.63) is 30.1 Å². The summed E-state index contributed by atoms with van der Waals surface area (Å²) in [5, 5.41) is 0. The second-order valence-electron chi connectivity index (χ2n) is 1.57. The van der Waals surface area contributed by atoms with Crippen LogP contribution >= 0.6 is 16.3 Å². The number of rotatable bonds is 1. The maximum Gasteiger partial charge on any atom is 0.0957 e. The summed E-state index contributed by atoms with van der Waals surface area (Å²) in [6, 6.07) is 3.83. The van der Waals surface area contributed by atoms with Gasteiger partial charge in [-0.1, -0.05) is 6.07 Å². The van der Waals surface area contributed by atoms with Crippen molar-refractivity contribution in [2.75, 3.05) is 0 Å². The molecule has 0 radical (unpaired) electrons. The molecule has 3 N–H and O–H groups in total. The number of nitrogens with two attached hydrogens (primary N) is 1. The lowest BCUT2D eigenvalue weighted by atomic mass is 10.3. The first-order chi connectivity index (χ1) is 4.93. The monoisotopic (exact) mass is 204 g/mol. The molecule has 0 saturated heterocycles. The predicted octanol–water partition coefficient (Wildman–Crippen LogP) is 0.829. The van der Waals surface area contributed by atoms with E-state index in [1.807, 2.05) is 28.4 Å². The van der Waals surface area contributed by atoms with Crippen molar-refractivity contribution >= 4 is 16.3 Å². The van der Waals surface area contributed by atoms with Crippen molar-refractivity contribution in [1.82, 2.24) is 4.98 Å². The van der Waals surface area contributed by atoms with Gasteiger partial charge < -0.3 is 9.93 Å². The highest BCUT2D eigenvalue weighted by atomic mass is 79.9. The highest BCUT2D eigenvalue weighted by Crippen LogP contribution is 1.90. The summed E-state index contributed by atoms with van der Waals surface area (Å²) in [6.07, 6.45) is 3.50. The summed E-state index contributed by atoms with van der Waals surface area (Å²) < 4.78 is 6.81. The molecule has 0 atom stereocenters. The van der Waals surface area contributed by atoms with Gasteiger partial charge in [-0.05, 0) is 11.6 Å². The van der Waals surface area contributed by atoms with Gasteiger partial charge in [-0.3, -0.25) is 4.98 Å². The van der Waals surface area contributed by atoms with E-state index in [2.05, 4.69) is 4.98 Å². The molecular formula is C6H9BrN2O. The van der Waals surface area contributed by atoms with Crippen LogP contribution < -0.4 is 5.73 Å². The lowest BCUT2D eigenvalue weighted by Crippen LogP contribution is -1.95. The second kappa shape index (κ2) is 6.67. The van der Waals surface area contributed by atoms with Crippen LogP contribution in [0.4, 0.5) is 0 Å². The molecular weight excluding hydrogens is 196 g/mol. The molecule has 0 fully saturated rings. The van der Waals surface area contributed by atoms with Gasteiger partial charge in [0.1, 0.15) is 0 Å². The maximum absolute atomic E-state index is 6.81. The fraction of sp³-hybridized carbons (Fsp3) is 0.167. The van der Waals surface area contributed by atoms with E-state index in [0.717, 1.165) is 5.56 Å². The highest BCUT2D eigenvalue weighted by molar-refractivity contribution is 9.05. The van der Waals surface area contributed by atoms with Gasteiger partial charge in [0.05, 0.1) is 16.3 Å². The van der Waals surface area contributed by atoms with Gasteiger partial charge in [0.2, 0.25) is 0 Å². The Balaban J connectivity index is 0.000000371. The molecule has 1 heterocycles. The summed E-state index contributed by atoms with van der Waals surface area (Å²) in [7, 11) is 0. The third-order valence-electron chi connectivity index (χ3n) is 0.958. The fourth-order valence-electron chi connectivity index (χ4n) is 0.519. The van der Waals surface area contributed by atoms with E-state index in [1.54, 1.807) is 12.4 Å². The smallest absolute Gasteiger partial charge is 0.0957 e. The molecule has 0 aromatic carbocycles. The largest absolute Gasteiger partial charge is 0.326 e. The lowest BCUT2D eigenvalue weighted by molar-refractivity contribution is 0.702. The van der Waals surface area contributed by atoms with Crippen molar-refractivity contribution in [3.63, 3.8) is 0 Å². The van der Waals surface area contributed by atoms with E-state index in [-0.39, 0.29) is 0 Å². The number of nitrogens with zero attached hydrogens (tertiary/aromatic N) is 1. The van der Waals surface area contributed by atoms with Gasteiger partial charge in [0.15, 0.2) is 0 Å². The van der Waals surface area contributed by atoms with E-state index in [0.29, 0.717) is 6.54 Å². The average Bonchev–Trinajstić information content (AvgIpc) is 2.10. The number of aromatic nitrogens is 1. The SMILES string of the molecule is NCc1cccnc1.OBr. The Morgan fingerprint density at radius 3 is 2.60 bits per heavy atom. The van der Waals surface area contributed by atoms with Crippen LogP contribution in [-0.2, 0) is 6.54 Å². The third kappa shape index (κ3) is 3.55. The second-order valence-corrected chi connectivity index (χ2v) is 1.57. The van der Waals surface area contributed by atoms with Crippen LogP contribution in [0, 0.1) is 0 Å². The van der Waals surface area contributed by atoms with Gasteiger partial charge in [0.25, 0.3) is 0 Å². The van der Waals surface area contributed by atoms with Crippen LogP contribution in [0.25, 0.3) is 0 Å². The maximum atomic E-state index is 6.81. The molecule has 1 aromatic heterocycles. The average molecular weight is 205 g/mol. The van der Waals surface area contributed by atoms with Gasteiger partial charge in [-0.25, -0.2) is 0 Å². The van der Waals surface area contributed by atoms with Crippen molar-refractivity contribution in [3.8, 4) is 0 Å². The first-order valence-corrected chi connectivity index (χ1v) is 3.40. The van der Waals surface area contributed by atoms with Crippen molar-refractivity contribution in [2.24, 2.45) is 5.73 Å². The van der Waals surface area contributed by atoms with Gasteiger partial charge >= 0.3 is 0 Å². The zero-order valence-corrected chi connectivity index (χ0v) is 6.95. The highest BCUT2D eigenvalue weighted by Gasteiger charge is 1.81. The third-order valence-corrected chi connectivity index (χ3v) is 0.958. The summed E-state index contributed by atoms with van der Waals surface area (Å²) in [6.45, 7) is 0.577. The zero-order valence-electron chi connectivity index (χ0n) is 5.37. The molecule has 0 aliphatic carbocycles. The number of halogens is 1. The quantitative estimate of drug-likeness (QED) is 0.713. The molecule has 0 spiro atoms. The minimum absolute atomic E-state index is 0.577. The predicted molar refractivity (Wildman–Crippen MR) is 43.3 cm³/mol. The van der Waals surface area contributed by atoms with Crippen molar-refractivity contribution in [1.29, 1.82) is 0 Å². The van der Waals surface area contributed by atoms with Crippen LogP contribution in [0.2, 0.25) is 0 Å². The molecule has 56 valence electrons. The van der Waals surface area contributed by atoms with Crippen LogP contribution in [0.3, 0.4) is 0 Å². The van der Waals surface area contributed by atoms with Crippen molar-refractivity contribution < 1.29 is 4.20 Å². The van der Waals surface area contributed by atoms with Crippen molar-refractivity contribution in [2.45, 2.75) is 6.54 Å². The first-order valence-electron chi connectivity index (χ1n) is 2.69. The first kappa shape index (κ1) is 9.55. The summed E-state index contributed by atoms with van der Waals surface area (Å²) in [4.78, 5) is 3.88. The Morgan fingerprint density at radius 1 is 1.60 bits per heavy atom. The van der Waals surface area contributed by atoms with E-state index in [9.17, 15) is 0 Å². The number of pyridine rings is 1. The molecule has 4 heteroatoms. The Labute approximate surface area is 68.3 Å². The molecule has 10 heavy (non-hydrogen) atoms. The Hall–Kier alpha value is -0.450. The molecule has 1 aromatic rings. The Bertz CT molecular complexity index is 157. The topological polar surface area (TPSA) is 59.1 Å². The van der Waals surface area contributed by atoms with Gasteiger partial charge in [-0.2, -0.15) is 0 Å². The zero-order chi connectivity index (χ0) is 7.82. The molecule has 3 nitrogen and oxygen atoms in total. The minimum Gasteiger partial charge on any atom is -0.326 e. The molecule has 1 rings (SSSR count). The van der Waals surface area contributed by atoms with Crippen LogP contribution in [0.15, 0.2) is 24.5 Å². The normalized spacial score (nSPS) is 7.90. The van der Waals surface area contributed by atoms with Gasteiger partial charge in [-0.15, -0.1) is 0 Å². The summed E-state index contributed by atoms with van der Waals surface area (Å²) in [5.74, 6) is 0. The fourth-order valence-corrected chi connectivity index (χ4v) is 0.519. The van der Waals surface area contributed by atoms with Crippen LogP contribution in [0.1, 0.15) is 5.56 Å². The summed E-state index contributed by atoms with van der Waals surface area (Å²) >= 11 is 1.94. The number of hydrogen-bond acceptors (Lipinski definition) is 3.